The van der Waals surface area contributed by atoms with Crippen LogP contribution in [-0.2, 0) is 0 Å². The van der Waals surface area contributed by atoms with Gasteiger partial charge >= 0.3 is 0 Å². The van der Waals surface area contributed by atoms with Crippen molar-refractivity contribution in [1.82, 2.24) is 20.2 Å². The van der Waals surface area contributed by atoms with Gasteiger partial charge in [-0.3, -0.25) is 0 Å². The van der Waals surface area contributed by atoms with Gasteiger partial charge in [0.05, 0.1) is 24.6 Å². The molecule has 0 amide bonds. The normalized spacial score (nSPS) is 10.5. The predicted molar refractivity (Wildman–Crippen MR) is 63.4 cm³/mol. The number of ether oxygens (including phenoxy) is 1. The van der Waals surface area contributed by atoms with Crippen molar-refractivity contribution in [2.45, 2.75) is 0 Å². The molecule has 0 aliphatic heterocycles. The van der Waals surface area contributed by atoms with Gasteiger partial charge in [-0.05, 0) is 40.8 Å². The van der Waals surface area contributed by atoms with Crippen LogP contribution in [0.25, 0.3) is 17.0 Å². The van der Waals surface area contributed by atoms with Crippen LogP contribution in [0.4, 0.5) is 0 Å². The molecule has 1 aromatic carbocycles. The minimum atomic E-state index is 0.738. The van der Waals surface area contributed by atoms with E-state index >= 15 is 0 Å². The van der Waals surface area contributed by atoms with Crippen molar-refractivity contribution in [3.8, 4) is 22.8 Å². The van der Waals surface area contributed by atoms with E-state index < -0.39 is 0 Å². The van der Waals surface area contributed by atoms with Gasteiger partial charge < -0.3 is 9.15 Å². The van der Waals surface area contributed by atoms with E-state index in [4.69, 9.17) is 9.15 Å². The van der Waals surface area contributed by atoms with Crippen LogP contribution in [0, 0.1) is 0 Å². The highest BCUT2D eigenvalue weighted by atomic mass is 16.5. The fourth-order valence-corrected chi connectivity index (χ4v) is 1.74. The van der Waals surface area contributed by atoms with Crippen LogP contribution in [0.15, 0.2) is 47.3 Å². The summed E-state index contributed by atoms with van der Waals surface area (Å²) < 4.78 is 12.3. The topological polar surface area (TPSA) is 66.0 Å². The number of furan rings is 1. The van der Waals surface area contributed by atoms with Gasteiger partial charge in [0, 0.05) is 0 Å². The smallest absolute Gasteiger partial charge is 0.143 e. The number of rotatable bonds is 3. The molecular weight excluding hydrogens is 232 g/mol. The fraction of sp³-hybridized carbons (Fsp3) is 0.0833. The van der Waals surface area contributed by atoms with Gasteiger partial charge in [0.15, 0.2) is 0 Å². The molecule has 90 valence electrons. The van der Waals surface area contributed by atoms with Crippen LogP contribution < -0.4 is 4.74 Å². The van der Waals surface area contributed by atoms with Crippen molar-refractivity contribution in [3.63, 3.8) is 0 Å². The molecule has 0 N–H and O–H groups in total. The van der Waals surface area contributed by atoms with E-state index in [1.807, 2.05) is 30.3 Å². The molecule has 0 saturated carbocycles. The molecule has 0 atom stereocenters. The number of nitrogens with zero attached hydrogens (tertiary/aromatic N) is 4. The first-order valence-electron chi connectivity index (χ1n) is 5.34. The van der Waals surface area contributed by atoms with Crippen molar-refractivity contribution in [2.24, 2.45) is 0 Å². The molecule has 2 aromatic heterocycles. The first-order valence-corrected chi connectivity index (χ1v) is 5.34. The van der Waals surface area contributed by atoms with E-state index in [1.165, 1.54) is 6.33 Å². The Morgan fingerprint density at radius 2 is 2.22 bits per heavy atom. The molecule has 3 aromatic rings. The number of benzene rings is 1. The zero-order valence-corrected chi connectivity index (χ0v) is 9.65. The summed E-state index contributed by atoms with van der Waals surface area (Å²) in [6.07, 6.45) is 3.16. The Kier molecular flexibility index (Phi) is 2.53. The van der Waals surface area contributed by atoms with Crippen molar-refractivity contribution in [1.29, 1.82) is 0 Å². The van der Waals surface area contributed by atoms with Gasteiger partial charge in [0.2, 0.25) is 0 Å². The summed E-state index contributed by atoms with van der Waals surface area (Å²) in [5.74, 6) is 1.48. The maximum atomic E-state index is 5.39. The third-order valence-electron chi connectivity index (χ3n) is 2.58. The van der Waals surface area contributed by atoms with Gasteiger partial charge in [-0.25, -0.2) is 4.68 Å². The second-order valence-corrected chi connectivity index (χ2v) is 3.62. The summed E-state index contributed by atoms with van der Waals surface area (Å²) >= 11 is 0. The van der Waals surface area contributed by atoms with E-state index in [0.717, 1.165) is 22.8 Å². The number of hydrogen-bond donors (Lipinski definition) is 0. The first-order chi connectivity index (χ1) is 8.88. The van der Waals surface area contributed by atoms with Gasteiger partial charge in [0.1, 0.15) is 17.8 Å². The Balaban J connectivity index is 2.14. The largest absolute Gasteiger partial charge is 0.496 e. The van der Waals surface area contributed by atoms with Crippen molar-refractivity contribution >= 4 is 0 Å². The van der Waals surface area contributed by atoms with E-state index in [-0.39, 0.29) is 0 Å². The Bertz CT molecular complexity index is 632. The number of methoxy groups -OCH3 is 1. The molecule has 6 heteroatoms. The summed E-state index contributed by atoms with van der Waals surface area (Å²) in [6.45, 7) is 0. The maximum absolute atomic E-state index is 5.39. The van der Waals surface area contributed by atoms with E-state index in [2.05, 4.69) is 15.5 Å². The standard InChI is InChI=1S/C12H10N4O2/c1-17-11-5-4-9(16-8-13-14-15-16)7-10(11)12-3-2-6-18-12/h2-8H,1H3. The fourth-order valence-electron chi connectivity index (χ4n) is 1.74. The Hall–Kier alpha value is -2.63. The lowest BCUT2D eigenvalue weighted by Crippen LogP contribution is -1.96. The lowest BCUT2D eigenvalue weighted by molar-refractivity contribution is 0.414. The zero-order valence-electron chi connectivity index (χ0n) is 9.65. The molecule has 0 unspecified atom stereocenters. The molecule has 2 heterocycles. The van der Waals surface area contributed by atoms with Crippen LogP contribution in [0.2, 0.25) is 0 Å². The lowest BCUT2D eigenvalue weighted by Gasteiger charge is -2.08. The molecule has 6 nitrogen and oxygen atoms in total. The van der Waals surface area contributed by atoms with E-state index in [9.17, 15) is 0 Å². The molecule has 0 saturated heterocycles. The minimum absolute atomic E-state index is 0.738. The van der Waals surface area contributed by atoms with E-state index in [1.54, 1.807) is 18.1 Å². The first kappa shape index (κ1) is 10.5. The minimum Gasteiger partial charge on any atom is -0.496 e. The summed E-state index contributed by atoms with van der Waals surface area (Å²) in [5.41, 5.74) is 1.70. The van der Waals surface area contributed by atoms with Gasteiger partial charge in [0.25, 0.3) is 0 Å². The van der Waals surface area contributed by atoms with Gasteiger partial charge in [-0.2, -0.15) is 0 Å². The lowest BCUT2D eigenvalue weighted by atomic mass is 10.1. The Morgan fingerprint density at radius 3 is 2.89 bits per heavy atom. The highest BCUT2D eigenvalue weighted by Crippen LogP contribution is 2.31. The molecule has 0 aliphatic carbocycles. The van der Waals surface area contributed by atoms with Gasteiger partial charge in [-0.15, -0.1) is 5.10 Å². The van der Waals surface area contributed by atoms with Crippen molar-refractivity contribution in [2.75, 3.05) is 7.11 Å². The van der Waals surface area contributed by atoms with Crippen LogP contribution >= 0.6 is 0 Å². The van der Waals surface area contributed by atoms with Crippen LogP contribution in [0.3, 0.4) is 0 Å². The third-order valence-corrected chi connectivity index (χ3v) is 2.58. The van der Waals surface area contributed by atoms with Crippen molar-refractivity contribution < 1.29 is 9.15 Å². The summed E-state index contributed by atoms with van der Waals surface area (Å²) in [4.78, 5) is 0. The average Bonchev–Trinajstić information content (AvgIpc) is 3.11. The van der Waals surface area contributed by atoms with E-state index in [0.29, 0.717) is 0 Å². The number of aromatic nitrogens is 4. The predicted octanol–water partition coefficient (Wildman–Crippen LogP) is 1.93. The molecule has 0 spiro atoms. The average molecular weight is 242 g/mol. The van der Waals surface area contributed by atoms with Crippen LogP contribution in [-0.4, -0.2) is 27.3 Å². The summed E-state index contributed by atoms with van der Waals surface area (Å²) in [6, 6.07) is 9.35. The highest BCUT2D eigenvalue weighted by Gasteiger charge is 2.10. The molecule has 18 heavy (non-hydrogen) atoms. The number of hydrogen-bond acceptors (Lipinski definition) is 5. The second kappa shape index (κ2) is 4.33. The molecule has 0 aliphatic rings. The molecule has 0 radical (unpaired) electrons. The van der Waals surface area contributed by atoms with Crippen LogP contribution in [0.1, 0.15) is 0 Å². The molecule has 0 fully saturated rings. The molecule has 3 rings (SSSR count). The maximum Gasteiger partial charge on any atom is 0.143 e. The highest BCUT2D eigenvalue weighted by molar-refractivity contribution is 5.68. The van der Waals surface area contributed by atoms with Gasteiger partial charge in [-0.1, -0.05) is 0 Å². The Morgan fingerprint density at radius 1 is 1.28 bits per heavy atom. The third kappa shape index (κ3) is 1.73. The monoisotopic (exact) mass is 242 g/mol. The number of tetrazole rings is 1. The Labute approximate surface area is 103 Å². The quantitative estimate of drug-likeness (QED) is 0.702. The molecular formula is C12H10N4O2. The zero-order chi connectivity index (χ0) is 12.4. The van der Waals surface area contributed by atoms with Crippen LogP contribution in [0.5, 0.6) is 5.75 Å². The second-order valence-electron chi connectivity index (χ2n) is 3.62. The molecule has 0 bridgehead atoms. The summed E-state index contributed by atoms with van der Waals surface area (Å²) in [5, 5.41) is 11.1. The SMILES string of the molecule is COc1ccc(-n2cnnn2)cc1-c1ccco1. The van der Waals surface area contributed by atoms with Crippen molar-refractivity contribution in [3.05, 3.63) is 42.9 Å². The summed E-state index contributed by atoms with van der Waals surface area (Å²) in [7, 11) is 1.62.